The van der Waals surface area contributed by atoms with Crippen LogP contribution in [0.1, 0.15) is 61.0 Å². The Morgan fingerprint density at radius 3 is 3.12 bits per heavy atom. The first-order valence-corrected chi connectivity index (χ1v) is 9.44. The molecule has 5 heteroatoms. The fourth-order valence-electron chi connectivity index (χ4n) is 4.11. The number of aryl methyl sites for hydroxylation is 1. The minimum absolute atomic E-state index is 0.365. The zero-order valence-corrected chi connectivity index (χ0v) is 15.2. The van der Waals surface area contributed by atoms with Gasteiger partial charge >= 0.3 is 0 Å². The van der Waals surface area contributed by atoms with E-state index in [2.05, 4.69) is 36.0 Å². The van der Waals surface area contributed by atoms with Crippen molar-refractivity contribution in [1.82, 2.24) is 15.0 Å². The molecule has 0 saturated heterocycles. The van der Waals surface area contributed by atoms with Crippen LogP contribution >= 0.6 is 0 Å². The first-order valence-electron chi connectivity index (χ1n) is 9.44. The molecule has 0 bridgehead atoms. The molecule has 2 aromatic heterocycles. The van der Waals surface area contributed by atoms with Gasteiger partial charge in [-0.25, -0.2) is 0 Å². The van der Waals surface area contributed by atoms with Crippen molar-refractivity contribution < 1.29 is 9.26 Å². The highest BCUT2D eigenvalue weighted by molar-refractivity contribution is 5.27. The molecule has 2 aromatic rings. The van der Waals surface area contributed by atoms with E-state index in [9.17, 15) is 0 Å². The third-order valence-corrected chi connectivity index (χ3v) is 5.23. The number of aromatic nitrogens is 2. The van der Waals surface area contributed by atoms with Crippen molar-refractivity contribution in [2.24, 2.45) is 5.92 Å². The van der Waals surface area contributed by atoms with E-state index in [1.54, 1.807) is 0 Å². The highest BCUT2D eigenvalue weighted by Gasteiger charge is 2.30. The molecule has 0 fully saturated rings. The number of hydrogen-bond acceptors (Lipinski definition) is 5. The van der Waals surface area contributed by atoms with Crippen LogP contribution in [0.25, 0.3) is 0 Å². The highest BCUT2D eigenvalue weighted by atomic mass is 16.5. The molecule has 1 aliphatic heterocycles. The molecule has 1 atom stereocenters. The molecule has 0 radical (unpaired) electrons. The van der Waals surface area contributed by atoms with Crippen molar-refractivity contribution in [3.63, 3.8) is 0 Å². The van der Waals surface area contributed by atoms with Crippen LogP contribution in [-0.4, -0.2) is 28.2 Å². The second kappa shape index (κ2) is 7.26. The lowest BCUT2D eigenvalue weighted by Gasteiger charge is -2.35. The van der Waals surface area contributed by atoms with E-state index in [4.69, 9.17) is 14.2 Å². The van der Waals surface area contributed by atoms with Crippen LogP contribution in [0.4, 0.5) is 0 Å². The second-order valence-corrected chi connectivity index (χ2v) is 7.61. The van der Waals surface area contributed by atoms with Crippen LogP contribution in [0, 0.1) is 5.92 Å². The summed E-state index contributed by atoms with van der Waals surface area (Å²) in [5.74, 6) is 1.60. The van der Waals surface area contributed by atoms with Crippen LogP contribution in [0.5, 0.6) is 0 Å². The first kappa shape index (κ1) is 16.7. The molecule has 134 valence electrons. The number of hydrogen-bond donors (Lipinski definition) is 0. The summed E-state index contributed by atoms with van der Waals surface area (Å²) in [4.78, 5) is 7.28. The maximum Gasteiger partial charge on any atom is 0.144 e. The minimum Gasteiger partial charge on any atom is -0.376 e. The molecule has 5 nitrogen and oxygen atoms in total. The number of fused-ring (bicyclic) bond motifs is 2. The molecule has 1 aliphatic carbocycles. The molecular formula is C20H27N3O2. The van der Waals surface area contributed by atoms with Gasteiger partial charge in [-0.2, -0.15) is 0 Å². The predicted molar refractivity (Wildman–Crippen MR) is 95.0 cm³/mol. The Morgan fingerprint density at radius 2 is 2.24 bits per heavy atom. The third kappa shape index (κ3) is 3.48. The topological polar surface area (TPSA) is 51.4 Å². The molecule has 1 unspecified atom stereocenters. The monoisotopic (exact) mass is 341 g/mol. The van der Waals surface area contributed by atoms with Crippen molar-refractivity contribution in [1.29, 1.82) is 0 Å². The minimum atomic E-state index is 0.365. The molecule has 0 amide bonds. The highest BCUT2D eigenvalue weighted by Crippen LogP contribution is 2.35. The number of ether oxygens (including phenoxy) is 1. The molecule has 0 aromatic carbocycles. The maximum atomic E-state index is 5.63. The van der Waals surface area contributed by atoms with Crippen LogP contribution in [0.3, 0.4) is 0 Å². The van der Waals surface area contributed by atoms with Gasteiger partial charge in [0, 0.05) is 31.3 Å². The van der Waals surface area contributed by atoms with Gasteiger partial charge in [0.25, 0.3) is 0 Å². The lowest BCUT2D eigenvalue weighted by Crippen LogP contribution is -2.35. The van der Waals surface area contributed by atoms with E-state index in [0.717, 1.165) is 56.0 Å². The second-order valence-electron chi connectivity index (χ2n) is 7.61. The molecule has 0 N–H and O–H groups in total. The molecular weight excluding hydrogens is 314 g/mol. The Labute approximate surface area is 149 Å². The summed E-state index contributed by atoms with van der Waals surface area (Å²) >= 11 is 0. The average molecular weight is 341 g/mol. The van der Waals surface area contributed by atoms with E-state index in [0.29, 0.717) is 18.6 Å². The van der Waals surface area contributed by atoms with E-state index < -0.39 is 0 Å². The summed E-state index contributed by atoms with van der Waals surface area (Å²) in [6.45, 7) is 7.75. The van der Waals surface area contributed by atoms with Crippen molar-refractivity contribution in [2.75, 3.05) is 13.2 Å². The van der Waals surface area contributed by atoms with Gasteiger partial charge in [0.05, 0.1) is 24.9 Å². The summed E-state index contributed by atoms with van der Waals surface area (Å²) in [6.07, 6.45) is 6.28. The average Bonchev–Trinajstić information content (AvgIpc) is 3.03. The number of rotatable bonds is 5. The molecule has 0 saturated carbocycles. The van der Waals surface area contributed by atoms with Crippen LogP contribution in [0.15, 0.2) is 22.9 Å². The van der Waals surface area contributed by atoms with Gasteiger partial charge in [-0.3, -0.25) is 9.88 Å². The van der Waals surface area contributed by atoms with Crippen LogP contribution in [0.2, 0.25) is 0 Å². The molecule has 2 aliphatic rings. The Kier molecular flexibility index (Phi) is 4.86. The molecule has 25 heavy (non-hydrogen) atoms. The Balaban J connectivity index is 1.62. The van der Waals surface area contributed by atoms with E-state index in [1.165, 1.54) is 17.7 Å². The zero-order valence-electron chi connectivity index (χ0n) is 15.2. The van der Waals surface area contributed by atoms with Gasteiger partial charge < -0.3 is 9.26 Å². The Morgan fingerprint density at radius 1 is 1.32 bits per heavy atom. The Bertz CT molecular complexity index is 725. The predicted octanol–water partition coefficient (Wildman–Crippen LogP) is 3.68. The first-order chi connectivity index (χ1) is 12.2. The lowest BCUT2D eigenvalue weighted by molar-refractivity contribution is 0.101. The van der Waals surface area contributed by atoms with Crippen molar-refractivity contribution in [2.45, 2.75) is 58.7 Å². The fourth-order valence-corrected chi connectivity index (χ4v) is 4.11. The molecule has 0 spiro atoms. The third-order valence-electron chi connectivity index (χ3n) is 5.23. The normalized spacial score (nSPS) is 19.9. The standard InChI is InChI=1S/C20H27N3O2/c1-14(2)11-23(12-17-16-13-24-10-8-19(16)25-22-17)18-7-3-5-15-6-4-9-21-20(15)18/h4,6,9,14,18H,3,5,7-8,10-13H2,1-2H3. The SMILES string of the molecule is CC(C)CN(Cc1noc2c1COCC2)C1CCCc2cccnc21. The lowest BCUT2D eigenvalue weighted by atomic mass is 9.90. The largest absolute Gasteiger partial charge is 0.376 e. The summed E-state index contributed by atoms with van der Waals surface area (Å²) in [6, 6.07) is 4.65. The van der Waals surface area contributed by atoms with Crippen molar-refractivity contribution >= 4 is 0 Å². The van der Waals surface area contributed by atoms with Gasteiger partial charge in [-0.05, 0) is 36.8 Å². The van der Waals surface area contributed by atoms with Crippen LogP contribution in [-0.2, 0) is 30.7 Å². The summed E-state index contributed by atoms with van der Waals surface area (Å²) in [5, 5.41) is 4.38. The summed E-state index contributed by atoms with van der Waals surface area (Å²) in [5.41, 5.74) is 4.86. The van der Waals surface area contributed by atoms with Gasteiger partial charge in [-0.1, -0.05) is 25.1 Å². The van der Waals surface area contributed by atoms with Gasteiger partial charge in [-0.15, -0.1) is 0 Å². The zero-order chi connectivity index (χ0) is 17.2. The number of pyridine rings is 1. The van der Waals surface area contributed by atoms with E-state index in [-0.39, 0.29) is 0 Å². The van der Waals surface area contributed by atoms with Gasteiger partial charge in [0.1, 0.15) is 11.5 Å². The smallest absolute Gasteiger partial charge is 0.144 e. The van der Waals surface area contributed by atoms with Gasteiger partial charge in [0.2, 0.25) is 0 Å². The Hall–Kier alpha value is -1.72. The quantitative estimate of drug-likeness (QED) is 0.830. The van der Waals surface area contributed by atoms with E-state index >= 15 is 0 Å². The van der Waals surface area contributed by atoms with Gasteiger partial charge in [0.15, 0.2) is 0 Å². The number of nitrogens with zero attached hydrogens (tertiary/aromatic N) is 3. The van der Waals surface area contributed by atoms with E-state index in [1.807, 2.05) is 6.20 Å². The van der Waals surface area contributed by atoms with Crippen molar-refractivity contribution in [3.05, 3.63) is 46.6 Å². The summed E-state index contributed by atoms with van der Waals surface area (Å²) < 4.78 is 11.2. The molecule has 3 heterocycles. The maximum absolute atomic E-state index is 5.63. The fraction of sp³-hybridized carbons (Fsp3) is 0.600. The molecule has 4 rings (SSSR count). The van der Waals surface area contributed by atoms with Crippen LogP contribution < -0.4 is 0 Å². The van der Waals surface area contributed by atoms with Crippen molar-refractivity contribution in [3.8, 4) is 0 Å². The summed E-state index contributed by atoms with van der Waals surface area (Å²) in [7, 11) is 0.